The van der Waals surface area contributed by atoms with Crippen LogP contribution in [0.1, 0.15) is 13.8 Å². The molecule has 0 radical (unpaired) electrons. The van der Waals surface area contributed by atoms with Crippen molar-refractivity contribution in [2.24, 2.45) is 5.73 Å². The number of hydrogen-bond acceptors (Lipinski definition) is 2. The van der Waals surface area contributed by atoms with E-state index in [4.69, 9.17) is 10.5 Å². The first-order chi connectivity index (χ1) is 6.85. The van der Waals surface area contributed by atoms with E-state index >= 15 is 0 Å². The van der Waals surface area contributed by atoms with Crippen molar-refractivity contribution in [1.82, 2.24) is 0 Å². The Morgan fingerprint density at radius 3 is 2.47 bits per heavy atom. The molecule has 0 amide bonds. The van der Waals surface area contributed by atoms with E-state index in [2.05, 4.69) is 15.9 Å². The van der Waals surface area contributed by atoms with Crippen LogP contribution in [-0.4, -0.2) is 12.1 Å². The van der Waals surface area contributed by atoms with Crippen molar-refractivity contribution >= 4 is 15.9 Å². The van der Waals surface area contributed by atoms with Gasteiger partial charge in [0.05, 0.1) is 4.47 Å². The summed E-state index contributed by atoms with van der Waals surface area (Å²) in [5.74, 6) is -1.42. The molecule has 0 unspecified atom stereocenters. The molecule has 0 aliphatic carbocycles. The molecule has 15 heavy (non-hydrogen) atoms. The van der Waals surface area contributed by atoms with Crippen molar-refractivity contribution in [3.05, 3.63) is 28.2 Å². The minimum absolute atomic E-state index is 0.0214. The zero-order chi connectivity index (χ0) is 11.6. The van der Waals surface area contributed by atoms with Crippen molar-refractivity contribution in [1.29, 1.82) is 0 Å². The average molecular weight is 280 g/mol. The fraction of sp³-hybridized carbons (Fsp3) is 0.400. The highest BCUT2D eigenvalue weighted by molar-refractivity contribution is 9.10. The van der Waals surface area contributed by atoms with Crippen LogP contribution in [0.3, 0.4) is 0 Å². The first kappa shape index (κ1) is 12.4. The lowest BCUT2D eigenvalue weighted by Crippen LogP contribution is -2.37. The zero-order valence-electron chi connectivity index (χ0n) is 8.48. The first-order valence-electron chi connectivity index (χ1n) is 4.39. The Hall–Kier alpha value is -0.680. The van der Waals surface area contributed by atoms with Crippen molar-refractivity contribution in [3.8, 4) is 5.75 Å². The third-order valence-electron chi connectivity index (χ3n) is 1.83. The van der Waals surface area contributed by atoms with Crippen LogP contribution in [0.2, 0.25) is 0 Å². The molecule has 0 spiro atoms. The summed E-state index contributed by atoms with van der Waals surface area (Å²) in [6.07, 6.45) is 0. The molecule has 1 aromatic carbocycles. The van der Waals surface area contributed by atoms with E-state index in [1.807, 2.05) is 0 Å². The maximum absolute atomic E-state index is 13.3. The van der Waals surface area contributed by atoms with Crippen LogP contribution in [0.5, 0.6) is 5.75 Å². The zero-order valence-corrected chi connectivity index (χ0v) is 10.1. The minimum Gasteiger partial charge on any atom is -0.482 e. The molecule has 1 rings (SSSR count). The van der Waals surface area contributed by atoms with E-state index in [1.165, 1.54) is 0 Å². The lowest BCUT2D eigenvalue weighted by Gasteiger charge is -2.25. The average Bonchev–Trinajstić information content (AvgIpc) is 2.11. The number of benzene rings is 1. The van der Waals surface area contributed by atoms with Gasteiger partial charge in [0.2, 0.25) is 0 Å². The van der Waals surface area contributed by atoms with E-state index in [9.17, 15) is 8.78 Å². The molecule has 1 aromatic rings. The Labute approximate surface area is 95.5 Å². The van der Waals surface area contributed by atoms with E-state index in [0.29, 0.717) is 0 Å². The van der Waals surface area contributed by atoms with E-state index < -0.39 is 17.2 Å². The van der Waals surface area contributed by atoms with Crippen LogP contribution in [0, 0.1) is 11.6 Å². The maximum Gasteiger partial charge on any atom is 0.170 e. The summed E-state index contributed by atoms with van der Waals surface area (Å²) in [6, 6.07) is 1.91. The number of ether oxygens (including phenoxy) is 1. The van der Waals surface area contributed by atoms with Gasteiger partial charge in [-0.15, -0.1) is 0 Å². The molecule has 2 nitrogen and oxygen atoms in total. The van der Waals surface area contributed by atoms with Gasteiger partial charge in [-0.1, -0.05) is 0 Å². The lowest BCUT2D eigenvalue weighted by molar-refractivity contribution is 0.111. The van der Waals surface area contributed by atoms with E-state index in [-0.39, 0.29) is 16.8 Å². The van der Waals surface area contributed by atoms with Crippen molar-refractivity contribution < 1.29 is 13.5 Å². The largest absolute Gasteiger partial charge is 0.482 e. The summed E-state index contributed by atoms with van der Waals surface area (Å²) in [4.78, 5) is 0. The minimum atomic E-state index is -0.747. The highest BCUT2D eigenvalue weighted by Gasteiger charge is 2.21. The summed E-state index contributed by atoms with van der Waals surface area (Å²) in [5, 5.41) is 0. The van der Waals surface area contributed by atoms with Gasteiger partial charge in [-0.2, -0.15) is 0 Å². The molecule has 0 aromatic heterocycles. The highest BCUT2D eigenvalue weighted by Crippen LogP contribution is 2.31. The quantitative estimate of drug-likeness (QED) is 0.924. The van der Waals surface area contributed by atoms with Gasteiger partial charge in [-0.25, -0.2) is 8.78 Å². The van der Waals surface area contributed by atoms with Crippen LogP contribution in [-0.2, 0) is 0 Å². The maximum atomic E-state index is 13.3. The Balaban J connectivity index is 3.05. The van der Waals surface area contributed by atoms with Crippen molar-refractivity contribution in [3.63, 3.8) is 0 Å². The van der Waals surface area contributed by atoms with Gasteiger partial charge >= 0.3 is 0 Å². The smallest absolute Gasteiger partial charge is 0.170 e. The standard InChI is InChI=1S/C10H12BrF2NO/c1-10(2,5-14)15-9-7(11)3-6(12)4-8(9)13/h3-4H,5,14H2,1-2H3. The van der Waals surface area contributed by atoms with Gasteiger partial charge < -0.3 is 10.5 Å². The summed E-state index contributed by atoms with van der Waals surface area (Å²) >= 11 is 3.03. The fourth-order valence-corrected chi connectivity index (χ4v) is 1.43. The molecular formula is C10H12BrF2NO. The van der Waals surface area contributed by atoms with Crippen molar-refractivity contribution in [2.75, 3.05) is 6.54 Å². The van der Waals surface area contributed by atoms with Crippen LogP contribution >= 0.6 is 15.9 Å². The molecule has 0 aliphatic heterocycles. The summed E-state index contributed by atoms with van der Waals surface area (Å²) in [7, 11) is 0. The van der Waals surface area contributed by atoms with Crippen LogP contribution in [0.4, 0.5) is 8.78 Å². The molecule has 0 saturated carbocycles. The van der Waals surface area contributed by atoms with E-state index in [0.717, 1.165) is 12.1 Å². The molecule has 0 fully saturated rings. The summed E-state index contributed by atoms with van der Waals surface area (Å²) < 4.78 is 31.7. The second-order valence-electron chi connectivity index (χ2n) is 3.76. The van der Waals surface area contributed by atoms with Gasteiger partial charge in [0.1, 0.15) is 11.4 Å². The molecule has 0 heterocycles. The van der Waals surface area contributed by atoms with Crippen LogP contribution in [0.25, 0.3) is 0 Å². The monoisotopic (exact) mass is 279 g/mol. The highest BCUT2D eigenvalue weighted by atomic mass is 79.9. The van der Waals surface area contributed by atoms with Gasteiger partial charge in [0.25, 0.3) is 0 Å². The Kier molecular flexibility index (Phi) is 3.67. The Bertz CT molecular complexity index is 345. The third kappa shape index (κ3) is 3.14. The SMILES string of the molecule is CC(C)(CN)Oc1c(F)cc(F)cc1Br. The molecule has 5 heteroatoms. The van der Waals surface area contributed by atoms with E-state index in [1.54, 1.807) is 13.8 Å². The predicted octanol–water partition coefficient (Wildman–Crippen LogP) is 2.84. The number of rotatable bonds is 3. The summed E-state index contributed by atoms with van der Waals surface area (Å²) in [6.45, 7) is 3.68. The molecular weight excluding hydrogens is 268 g/mol. The topological polar surface area (TPSA) is 35.2 Å². The molecule has 2 N–H and O–H groups in total. The molecule has 0 bridgehead atoms. The fourth-order valence-electron chi connectivity index (χ4n) is 0.944. The second kappa shape index (κ2) is 4.45. The number of hydrogen-bond donors (Lipinski definition) is 1. The Morgan fingerprint density at radius 2 is 2.00 bits per heavy atom. The second-order valence-corrected chi connectivity index (χ2v) is 4.62. The van der Waals surface area contributed by atoms with Gasteiger partial charge in [-0.3, -0.25) is 0 Å². The molecule has 0 saturated heterocycles. The molecule has 0 aliphatic rings. The van der Waals surface area contributed by atoms with Crippen LogP contribution < -0.4 is 10.5 Å². The first-order valence-corrected chi connectivity index (χ1v) is 5.18. The van der Waals surface area contributed by atoms with Gasteiger partial charge in [0, 0.05) is 12.6 Å². The normalized spacial score (nSPS) is 11.6. The van der Waals surface area contributed by atoms with Crippen molar-refractivity contribution in [2.45, 2.75) is 19.4 Å². The number of nitrogens with two attached hydrogens (primary N) is 1. The lowest BCUT2D eigenvalue weighted by atomic mass is 10.1. The third-order valence-corrected chi connectivity index (χ3v) is 2.42. The number of halogens is 3. The van der Waals surface area contributed by atoms with Gasteiger partial charge in [-0.05, 0) is 35.8 Å². The van der Waals surface area contributed by atoms with Gasteiger partial charge in [0.15, 0.2) is 11.6 Å². The predicted molar refractivity (Wildman–Crippen MR) is 57.8 cm³/mol. The van der Waals surface area contributed by atoms with Crippen LogP contribution in [0.15, 0.2) is 16.6 Å². The Morgan fingerprint density at radius 1 is 1.40 bits per heavy atom. The summed E-state index contributed by atoms with van der Waals surface area (Å²) in [5.41, 5.74) is 4.75. The molecule has 84 valence electrons. The molecule has 0 atom stereocenters.